The molecule has 1 aliphatic rings. The molecule has 0 radical (unpaired) electrons. The molecule has 0 saturated carbocycles. The van der Waals surface area contributed by atoms with Gasteiger partial charge in [0.1, 0.15) is 0 Å². The Morgan fingerprint density at radius 3 is 3.10 bits per heavy atom. The molecule has 0 spiro atoms. The van der Waals surface area contributed by atoms with Crippen molar-refractivity contribution in [1.82, 2.24) is 14.9 Å². The minimum atomic E-state index is -1.17. The number of aromatic nitrogens is 2. The summed E-state index contributed by atoms with van der Waals surface area (Å²) >= 11 is 1.69. The third-order valence-electron chi connectivity index (χ3n) is 3.59. The van der Waals surface area contributed by atoms with Crippen LogP contribution in [0.5, 0.6) is 0 Å². The lowest BCUT2D eigenvalue weighted by Gasteiger charge is -2.33. The first-order valence-electron chi connectivity index (χ1n) is 6.23. The number of carbonyl (C=O) groups is 2. The van der Waals surface area contributed by atoms with E-state index in [9.17, 15) is 9.59 Å². The van der Waals surface area contributed by atoms with E-state index in [0.29, 0.717) is 6.54 Å². The average molecular weight is 291 g/mol. The molecule has 104 valence electrons. The zero-order chi connectivity index (χ0) is 14.3. The van der Waals surface area contributed by atoms with Gasteiger partial charge in [-0.05, 0) is 30.4 Å². The number of imidazole rings is 1. The maximum absolute atomic E-state index is 12.5. The van der Waals surface area contributed by atoms with E-state index in [1.165, 1.54) is 11.2 Å². The monoisotopic (exact) mass is 291 g/mol. The average Bonchev–Trinajstić information content (AvgIpc) is 3.07. The number of H-pyrrole nitrogens is 1. The molecule has 6 nitrogen and oxygen atoms in total. The molecule has 7 heteroatoms. The molecule has 1 aliphatic heterocycles. The number of nitrogens with zero attached hydrogens (tertiary/aromatic N) is 2. The van der Waals surface area contributed by atoms with E-state index in [1.54, 1.807) is 16.2 Å². The van der Waals surface area contributed by atoms with Crippen molar-refractivity contribution in [2.45, 2.75) is 19.4 Å². The summed E-state index contributed by atoms with van der Waals surface area (Å²) < 4.78 is 0. The third kappa shape index (κ3) is 1.90. The van der Waals surface area contributed by atoms with E-state index in [4.69, 9.17) is 5.11 Å². The Morgan fingerprint density at radius 1 is 1.55 bits per heavy atom. The number of fused-ring (bicyclic) bond motifs is 1. The molecule has 1 amide bonds. The summed E-state index contributed by atoms with van der Waals surface area (Å²) in [5.41, 5.74) is 0.961. The molecule has 0 aliphatic carbocycles. The van der Waals surface area contributed by atoms with Gasteiger partial charge in [-0.3, -0.25) is 4.79 Å². The first-order valence-corrected chi connectivity index (χ1v) is 7.11. The van der Waals surface area contributed by atoms with Gasteiger partial charge in [0.25, 0.3) is 5.91 Å². The summed E-state index contributed by atoms with van der Waals surface area (Å²) in [6.07, 6.45) is 2.04. The highest BCUT2D eigenvalue weighted by Crippen LogP contribution is 2.33. The molecule has 2 N–H and O–H groups in total. The number of aromatic carboxylic acids is 1. The zero-order valence-corrected chi connectivity index (χ0v) is 11.6. The quantitative estimate of drug-likeness (QED) is 0.885. The zero-order valence-electron chi connectivity index (χ0n) is 10.8. The summed E-state index contributed by atoms with van der Waals surface area (Å²) in [5, 5.41) is 11.1. The van der Waals surface area contributed by atoms with E-state index >= 15 is 0 Å². The predicted molar refractivity (Wildman–Crippen MR) is 73.0 cm³/mol. The van der Waals surface area contributed by atoms with Crippen LogP contribution in [0.25, 0.3) is 0 Å². The fourth-order valence-corrected chi connectivity index (χ4v) is 3.51. The number of rotatable bonds is 2. The summed E-state index contributed by atoms with van der Waals surface area (Å²) in [5.74, 6) is -1.51. The first-order chi connectivity index (χ1) is 9.59. The molecule has 2 aromatic rings. The standard InChI is InChI=1S/C13H13N3O3S/c1-7-8-3-5-20-9(8)2-4-16(7)12(17)10-11(13(18)19)15-6-14-10/h3,5-7H,2,4H2,1H3,(H,14,15)(H,18,19). The van der Waals surface area contributed by atoms with Crippen molar-refractivity contribution < 1.29 is 14.7 Å². The Hall–Kier alpha value is -2.15. The van der Waals surface area contributed by atoms with Crippen molar-refractivity contribution in [2.75, 3.05) is 6.54 Å². The number of carboxylic acids is 1. The molecule has 20 heavy (non-hydrogen) atoms. The number of amides is 1. The van der Waals surface area contributed by atoms with Gasteiger partial charge in [-0.25, -0.2) is 9.78 Å². The second-order valence-electron chi connectivity index (χ2n) is 4.65. The first kappa shape index (κ1) is 12.9. The molecule has 0 fully saturated rings. The number of aromatic amines is 1. The summed E-state index contributed by atoms with van der Waals surface area (Å²) in [6.45, 7) is 2.54. The van der Waals surface area contributed by atoms with E-state index in [-0.39, 0.29) is 23.3 Å². The van der Waals surface area contributed by atoms with Gasteiger partial charge in [0.2, 0.25) is 0 Å². The van der Waals surface area contributed by atoms with Crippen molar-refractivity contribution in [3.8, 4) is 0 Å². The Kier molecular flexibility index (Phi) is 3.06. The highest BCUT2D eigenvalue weighted by atomic mass is 32.1. The van der Waals surface area contributed by atoms with E-state index in [2.05, 4.69) is 9.97 Å². The third-order valence-corrected chi connectivity index (χ3v) is 4.59. The van der Waals surface area contributed by atoms with Crippen molar-refractivity contribution in [3.63, 3.8) is 0 Å². The molecule has 3 rings (SSSR count). The minimum absolute atomic E-state index is 0.0250. The number of carboxylic acid groups (broad SMARTS) is 1. The Balaban J connectivity index is 1.92. The maximum Gasteiger partial charge on any atom is 0.354 e. The largest absolute Gasteiger partial charge is 0.477 e. The van der Waals surface area contributed by atoms with E-state index in [0.717, 1.165) is 12.0 Å². The highest BCUT2D eigenvalue weighted by molar-refractivity contribution is 7.10. The molecular weight excluding hydrogens is 278 g/mol. The second-order valence-corrected chi connectivity index (χ2v) is 5.66. The van der Waals surface area contributed by atoms with Crippen LogP contribution in [0.2, 0.25) is 0 Å². The van der Waals surface area contributed by atoms with Crippen LogP contribution in [-0.4, -0.2) is 38.4 Å². The molecular formula is C13H13N3O3S. The lowest BCUT2D eigenvalue weighted by atomic mass is 10.0. The van der Waals surface area contributed by atoms with Gasteiger partial charge in [-0.2, -0.15) is 0 Å². The number of hydrogen-bond donors (Lipinski definition) is 2. The molecule has 0 aromatic carbocycles. The van der Waals surface area contributed by atoms with E-state index < -0.39 is 5.97 Å². The predicted octanol–water partition coefficient (Wildman–Crippen LogP) is 1.93. The Labute approximate surface area is 119 Å². The van der Waals surface area contributed by atoms with Crippen molar-refractivity contribution in [2.24, 2.45) is 0 Å². The summed E-state index contributed by atoms with van der Waals surface area (Å²) in [4.78, 5) is 32.9. The van der Waals surface area contributed by atoms with Gasteiger partial charge in [-0.1, -0.05) is 0 Å². The number of thiophene rings is 1. The van der Waals surface area contributed by atoms with Crippen LogP contribution in [-0.2, 0) is 6.42 Å². The van der Waals surface area contributed by atoms with Gasteiger partial charge in [0.15, 0.2) is 11.4 Å². The minimum Gasteiger partial charge on any atom is -0.477 e. The van der Waals surface area contributed by atoms with Gasteiger partial charge >= 0.3 is 5.97 Å². The summed E-state index contributed by atoms with van der Waals surface area (Å²) in [7, 11) is 0. The molecule has 1 unspecified atom stereocenters. The van der Waals surface area contributed by atoms with Crippen LogP contribution in [0.15, 0.2) is 17.8 Å². The van der Waals surface area contributed by atoms with Crippen LogP contribution in [0, 0.1) is 0 Å². The second kappa shape index (κ2) is 4.75. The fourth-order valence-electron chi connectivity index (χ4n) is 2.54. The van der Waals surface area contributed by atoms with Crippen molar-refractivity contribution in [1.29, 1.82) is 0 Å². The van der Waals surface area contributed by atoms with Crippen molar-refractivity contribution in [3.05, 3.63) is 39.6 Å². The summed E-state index contributed by atoms with van der Waals surface area (Å²) in [6, 6.07) is 1.96. The van der Waals surface area contributed by atoms with Crippen molar-refractivity contribution >= 4 is 23.2 Å². The van der Waals surface area contributed by atoms with Gasteiger partial charge in [0.05, 0.1) is 12.4 Å². The van der Waals surface area contributed by atoms with E-state index in [1.807, 2.05) is 18.4 Å². The normalized spacial score (nSPS) is 17.9. The molecule has 3 heterocycles. The lowest BCUT2D eigenvalue weighted by molar-refractivity contribution is 0.0637. The molecule has 0 saturated heterocycles. The topological polar surface area (TPSA) is 86.3 Å². The van der Waals surface area contributed by atoms with Crippen LogP contribution >= 0.6 is 11.3 Å². The van der Waals surface area contributed by atoms with Gasteiger partial charge < -0.3 is 15.0 Å². The molecule has 0 bridgehead atoms. The Morgan fingerprint density at radius 2 is 2.35 bits per heavy atom. The SMILES string of the molecule is CC1c2ccsc2CCN1C(=O)c1nc[nH]c1C(=O)O. The number of carbonyl (C=O) groups excluding carboxylic acids is 1. The molecule has 2 aromatic heterocycles. The van der Waals surface area contributed by atoms with Gasteiger partial charge in [0, 0.05) is 11.4 Å². The maximum atomic E-state index is 12.5. The van der Waals surface area contributed by atoms with Crippen LogP contribution in [0.4, 0.5) is 0 Å². The highest BCUT2D eigenvalue weighted by Gasteiger charge is 2.32. The molecule has 1 atom stereocenters. The van der Waals surface area contributed by atoms with Crippen LogP contribution < -0.4 is 0 Å². The smallest absolute Gasteiger partial charge is 0.354 e. The Bertz CT molecular complexity index is 676. The number of hydrogen-bond acceptors (Lipinski definition) is 4. The lowest BCUT2D eigenvalue weighted by Crippen LogP contribution is -2.39. The van der Waals surface area contributed by atoms with Crippen LogP contribution in [0.3, 0.4) is 0 Å². The van der Waals surface area contributed by atoms with Crippen LogP contribution in [0.1, 0.15) is 44.4 Å². The van der Waals surface area contributed by atoms with Gasteiger partial charge in [-0.15, -0.1) is 11.3 Å². The number of nitrogens with one attached hydrogen (secondary N) is 1. The fraction of sp³-hybridized carbons (Fsp3) is 0.308.